The summed E-state index contributed by atoms with van der Waals surface area (Å²) in [5, 5.41) is 4.05. The van der Waals surface area contributed by atoms with E-state index in [1.807, 2.05) is 0 Å². The highest BCUT2D eigenvalue weighted by molar-refractivity contribution is 6.20. The lowest BCUT2D eigenvalue weighted by Gasteiger charge is -2.27. The summed E-state index contributed by atoms with van der Waals surface area (Å²) >= 11 is 6.09. The van der Waals surface area contributed by atoms with Gasteiger partial charge in [-0.3, -0.25) is 0 Å². The van der Waals surface area contributed by atoms with Crippen LogP contribution in [-0.4, -0.2) is 29.7 Å². The summed E-state index contributed by atoms with van der Waals surface area (Å²) in [6.45, 7) is 5.39. The summed E-state index contributed by atoms with van der Waals surface area (Å²) in [7, 11) is 0. The molecular formula is C13H24ClNO. The van der Waals surface area contributed by atoms with Crippen LogP contribution in [0.4, 0.5) is 0 Å². The van der Waals surface area contributed by atoms with Gasteiger partial charge in [-0.25, -0.2) is 0 Å². The quantitative estimate of drug-likeness (QED) is 0.772. The van der Waals surface area contributed by atoms with Crippen LogP contribution in [0.1, 0.15) is 52.4 Å². The monoisotopic (exact) mass is 245 g/mol. The van der Waals surface area contributed by atoms with Gasteiger partial charge in [0, 0.05) is 18.0 Å². The van der Waals surface area contributed by atoms with Crippen molar-refractivity contribution in [2.75, 3.05) is 6.54 Å². The van der Waals surface area contributed by atoms with E-state index in [0.717, 1.165) is 19.4 Å². The summed E-state index contributed by atoms with van der Waals surface area (Å²) in [6, 6.07) is 0.669. The molecule has 1 aliphatic heterocycles. The second-order valence-electron chi connectivity index (χ2n) is 5.90. The molecule has 0 aromatic rings. The average Bonchev–Trinajstić information content (AvgIpc) is 2.58. The Bertz CT molecular complexity index is 224. The van der Waals surface area contributed by atoms with Crippen LogP contribution >= 0.6 is 11.6 Å². The van der Waals surface area contributed by atoms with E-state index >= 15 is 0 Å². The smallest absolute Gasteiger partial charge is 0.0707 e. The molecule has 2 fully saturated rings. The third-order valence-corrected chi connectivity index (χ3v) is 4.28. The molecule has 1 saturated carbocycles. The van der Waals surface area contributed by atoms with Gasteiger partial charge in [0.15, 0.2) is 0 Å². The summed E-state index contributed by atoms with van der Waals surface area (Å²) in [5.41, 5.74) is 0.0974. The Labute approximate surface area is 104 Å². The van der Waals surface area contributed by atoms with Gasteiger partial charge in [-0.2, -0.15) is 0 Å². The van der Waals surface area contributed by atoms with Crippen LogP contribution in [0.15, 0.2) is 0 Å². The number of halogens is 1. The molecule has 0 amide bonds. The van der Waals surface area contributed by atoms with Crippen molar-refractivity contribution in [3.63, 3.8) is 0 Å². The lowest BCUT2D eigenvalue weighted by atomic mass is 9.95. The van der Waals surface area contributed by atoms with Gasteiger partial charge in [-0.15, -0.1) is 11.6 Å². The lowest BCUT2D eigenvalue weighted by molar-refractivity contribution is -0.0155. The van der Waals surface area contributed by atoms with Crippen LogP contribution in [0.5, 0.6) is 0 Å². The van der Waals surface area contributed by atoms with Crippen LogP contribution in [0.2, 0.25) is 0 Å². The zero-order valence-electron chi connectivity index (χ0n) is 10.5. The highest BCUT2D eigenvalue weighted by Gasteiger charge is 2.31. The van der Waals surface area contributed by atoms with Gasteiger partial charge in [0.2, 0.25) is 0 Å². The average molecular weight is 246 g/mol. The molecule has 2 aliphatic rings. The zero-order valence-corrected chi connectivity index (χ0v) is 11.2. The van der Waals surface area contributed by atoms with Crippen LogP contribution < -0.4 is 5.32 Å². The van der Waals surface area contributed by atoms with Crippen molar-refractivity contribution in [2.24, 2.45) is 0 Å². The largest absolute Gasteiger partial charge is 0.371 e. The van der Waals surface area contributed by atoms with Crippen molar-refractivity contribution in [3.8, 4) is 0 Å². The van der Waals surface area contributed by atoms with E-state index in [2.05, 4.69) is 19.2 Å². The highest BCUT2D eigenvalue weighted by atomic mass is 35.5. The van der Waals surface area contributed by atoms with Crippen molar-refractivity contribution in [2.45, 2.75) is 75.5 Å². The number of rotatable bonds is 3. The number of ether oxygens (including phenoxy) is 1. The van der Waals surface area contributed by atoms with E-state index in [1.165, 1.54) is 25.7 Å². The zero-order chi connectivity index (χ0) is 11.6. The van der Waals surface area contributed by atoms with Gasteiger partial charge in [0.05, 0.1) is 11.7 Å². The first-order chi connectivity index (χ1) is 7.55. The Kier molecular flexibility index (Phi) is 4.15. The standard InChI is InChI=1S/C13H24ClNO/c1-13(2)8-7-12(16-13)9-15-11-5-3-10(14)4-6-11/h10-12,15H,3-9H2,1-2H3. The maximum absolute atomic E-state index is 6.09. The summed E-state index contributed by atoms with van der Waals surface area (Å²) in [6.07, 6.45) is 7.59. The van der Waals surface area contributed by atoms with Gasteiger partial charge >= 0.3 is 0 Å². The Morgan fingerprint density at radius 3 is 2.44 bits per heavy atom. The molecular weight excluding hydrogens is 222 g/mol. The minimum Gasteiger partial charge on any atom is -0.371 e. The fraction of sp³-hybridized carbons (Fsp3) is 1.00. The Morgan fingerprint density at radius 1 is 1.19 bits per heavy atom. The molecule has 2 rings (SSSR count). The van der Waals surface area contributed by atoms with Crippen LogP contribution in [0.25, 0.3) is 0 Å². The molecule has 0 radical (unpaired) electrons. The van der Waals surface area contributed by atoms with Crippen molar-refractivity contribution in [1.82, 2.24) is 5.32 Å². The summed E-state index contributed by atoms with van der Waals surface area (Å²) in [4.78, 5) is 0. The first-order valence-electron chi connectivity index (χ1n) is 6.60. The maximum Gasteiger partial charge on any atom is 0.0707 e. The topological polar surface area (TPSA) is 21.3 Å². The molecule has 0 spiro atoms. The van der Waals surface area contributed by atoms with E-state index in [0.29, 0.717) is 17.5 Å². The minimum absolute atomic E-state index is 0.0974. The van der Waals surface area contributed by atoms with Gasteiger partial charge in [0.1, 0.15) is 0 Å². The molecule has 16 heavy (non-hydrogen) atoms. The van der Waals surface area contributed by atoms with Gasteiger partial charge in [0.25, 0.3) is 0 Å². The molecule has 1 N–H and O–H groups in total. The molecule has 1 atom stereocenters. The second kappa shape index (κ2) is 5.24. The van der Waals surface area contributed by atoms with E-state index in [-0.39, 0.29) is 5.60 Å². The lowest BCUT2D eigenvalue weighted by Crippen LogP contribution is -2.38. The number of hydrogen-bond donors (Lipinski definition) is 1. The van der Waals surface area contributed by atoms with Crippen molar-refractivity contribution >= 4 is 11.6 Å². The van der Waals surface area contributed by atoms with Crippen molar-refractivity contribution in [3.05, 3.63) is 0 Å². The molecule has 1 unspecified atom stereocenters. The minimum atomic E-state index is 0.0974. The molecule has 94 valence electrons. The SMILES string of the molecule is CC1(C)CCC(CNC2CCC(Cl)CC2)O1. The first-order valence-corrected chi connectivity index (χ1v) is 7.04. The van der Waals surface area contributed by atoms with Gasteiger partial charge in [-0.05, 0) is 52.4 Å². The predicted octanol–water partition coefficient (Wildman–Crippen LogP) is 3.08. The van der Waals surface area contributed by atoms with Crippen LogP contribution in [0, 0.1) is 0 Å². The summed E-state index contributed by atoms with van der Waals surface area (Å²) in [5.74, 6) is 0. The van der Waals surface area contributed by atoms with Gasteiger partial charge in [-0.1, -0.05) is 0 Å². The molecule has 0 bridgehead atoms. The van der Waals surface area contributed by atoms with E-state index in [4.69, 9.17) is 16.3 Å². The maximum atomic E-state index is 6.09. The fourth-order valence-electron chi connectivity index (χ4n) is 2.78. The van der Waals surface area contributed by atoms with Crippen molar-refractivity contribution in [1.29, 1.82) is 0 Å². The molecule has 2 nitrogen and oxygen atoms in total. The Hall–Kier alpha value is 0.210. The Morgan fingerprint density at radius 2 is 1.88 bits per heavy atom. The molecule has 1 saturated heterocycles. The van der Waals surface area contributed by atoms with Crippen LogP contribution in [-0.2, 0) is 4.74 Å². The first kappa shape index (κ1) is 12.7. The second-order valence-corrected chi connectivity index (χ2v) is 6.51. The third-order valence-electron chi connectivity index (χ3n) is 3.84. The number of alkyl halides is 1. The molecule has 3 heteroatoms. The van der Waals surface area contributed by atoms with E-state index in [9.17, 15) is 0 Å². The fourth-order valence-corrected chi connectivity index (χ4v) is 3.03. The van der Waals surface area contributed by atoms with Gasteiger partial charge < -0.3 is 10.1 Å². The molecule has 1 aliphatic carbocycles. The van der Waals surface area contributed by atoms with Crippen LogP contribution in [0.3, 0.4) is 0 Å². The predicted molar refractivity (Wildman–Crippen MR) is 68.1 cm³/mol. The number of nitrogens with one attached hydrogen (secondary N) is 1. The van der Waals surface area contributed by atoms with E-state index in [1.54, 1.807) is 0 Å². The molecule has 0 aromatic carbocycles. The molecule has 0 aromatic heterocycles. The summed E-state index contributed by atoms with van der Waals surface area (Å²) < 4.78 is 5.97. The van der Waals surface area contributed by atoms with Crippen molar-refractivity contribution < 1.29 is 4.74 Å². The molecule has 1 heterocycles. The van der Waals surface area contributed by atoms with E-state index < -0.39 is 0 Å². The number of hydrogen-bond acceptors (Lipinski definition) is 2. The Balaban J connectivity index is 1.65. The highest BCUT2D eigenvalue weighted by Crippen LogP contribution is 2.29. The normalized spacial score (nSPS) is 38.8. The third kappa shape index (κ3) is 3.61.